The lowest BCUT2D eigenvalue weighted by Crippen LogP contribution is -2.34. The fourth-order valence-electron chi connectivity index (χ4n) is 3.43. The highest BCUT2D eigenvalue weighted by atomic mass is 19.1. The van der Waals surface area contributed by atoms with E-state index in [1.807, 2.05) is 24.3 Å². The third-order valence-electron chi connectivity index (χ3n) is 4.74. The maximum atomic E-state index is 13.3. The molecule has 0 bridgehead atoms. The molecule has 0 saturated heterocycles. The van der Waals surface area contributed by atoms with Crippen LogP contribution in [0.2, 0.25) is 0 Å². The van der Waals surface area contributed by atoms with Crippen LogP contribution in [0.4, 0.5) is 4.39 Å². The second-order valence-corrected chi connectivity index (χ2v) is 6.40. The number of carbonyl (C=O) groups is 2. The standard InChI is InChI=1S/C22H21FO4/c1-3-27-22(25)21-19(14-7-9-17(23)10-8-14)12-16(13-20(21)24)15-5-4-6-18(11-15)26-2/h4-11,13,19,21H,3,12H2,1-2H3/t19-,21-/m0/s1. The first-order valence-corrected chi connectivity index (χ1v) is 8.84. The Bertz CT molecular complexity index is 870. The Morgan fingerprint density at radius 3 is 2.59 bits per heavy atom. The molecular weight excluding hydrogens is 347 g/mol. The van der Waals surface area contributed by atoms with Crippen molar-refractivity contribution in [2.45, 2.75) is 19.3 Å². The van der Waals surface area contributed by atoms with Gasteiger partial charge in [-0.25, -0.2) is 4.39 Å². The van der Waals surface area contributed by atoms with Crippen molar-refractivity contribution in [2.75, 3.05) is 13.7 Å². The van der Waals surface area contributed by atoms with Crippen LogP contribution in [0.1, 0.15) is 30.4 Å². The fourth-order valence-corrected chi connectivity index (χ4v) is 3.43. The van der Waals surface area contributed by atoms with Gasteiger partial charge in [-0.1, -0.05) is 24.3 Å². The maximum absolute atomic E-state index is 13.3. The third kappa shape index (κ3) is 4.08. The number of esters is 1. The molecule has 0 fully saturated rings. The van der Waals surface area contributed by atoms with Crippen LogP contribution in [0.3, 0.4) is 0 Å². The number of ether oxygens (including phenoxy) is 2. The lowest BCUT2D eigenvalue weighted by atomic mass is 9.73. The van der Waals surface area contributed by atoms with Gasteiger partial charge in [-0.3, -0.25) is 9.59 Å². The molecule has 1 aliphatic carbocycles. The van der Waals surface area contributed by atoms with Crippen LogP contribution in [0.15, 0.2) is 54.6 Å². The van der Waals surface area contributed by atoms with Gasteiger partial charge in [0.2, 0.25) is 0 Å². The third-order valence-corrected chi connectivity index (χ3v) is 4.74. The number of allylic oxidation sites excluding steroid dienone is 2. The molecule has 0 aromatic heterocycles. The number of ketones is 1. The van der Waals surface area contributed by atoms with Gasteiger partial charge in [-0.2, -0.15) is 0 Å². The Hall–Kier alpha value is -2.95. The van der Waals surface area contributed by atoms with Crippen molar-refractivity contribution < 1.29 is 23.5 Å². The van der Waals surface area contributed by atoms with E-state index in [1.165, 1.54) is 18.2 Å². The predicted molar refractivity (Wildman–Crippen MR) is 99.9 cm³/mol. The van der Waals surface area contributed by atoms with E-state index in [9.17, 15) is 14.0 Å². The molecule has 0 saturated carbocycles. The molecule has 2 atom stereocenters. The molecule has 5 heteroatoms. The Balaban J connectivity index is 2.02. The van der Waals surface area contributed by atoms with Gasteiger partial charge >= 0.3 is 5.97 Å². The predicted octanol–water partition coefficient (Wildman–Crippen LogP) is 4.15. The molecule has 2 aromatic rings. The molecule has 0 heterocycles. The Labute approximate surface area is 157 Å². The summed E-state index contributed by atoms with van der Waals surface area (Å²) in [4.78, 5) is 25.3. The summed E-state index contributed by atoms with van der Waals surface area (Å²) < 4.78 is 23.7. The van der Waals surface area contributed by atoms with E-state index < -0.39 is 17.8 Å². The minimum absolute atomic E-state index is 0.200. The molecule has 2 aromatic carbocycles. The van der Waals surface area contributed by atoms with E-state index in [4.69, 9.17) is 9.47 Å². The summed E-state index contributed by atoms with van der Waals surface area (Å²) in [6, 6.07) is 13.3. The molecule has 3 rings (SSSR count). The molecule has 1 aliphatic rings. The lowest BCUT2D eigenvalue weighted by molar-refractivity contribution is -0.151. The van der Waals surface area contributed by atoms with Gasteiger partial charge in [-0.05, 0) is 60.4 Å². The van der Waals surface area contributed by atoms with Gasteiger partial charge in [0.05, 0.1) is 13.7 Å². The average molecular weight is 368 g/mol. The zero-order valence-corrected chi connectivity index (χ0v) is 15.3. The number of benzene rings is 2. The van der Waals surface area contributed by atoms with Gasteiger partial charge in [0.15, 0.2) is 5.78 Å². The second-order valence-electron chi connectivity index (χ2n) is 6.40. The van der Waals surface area contributed by atoms with Crippen molar-refractivity contribution in [3.63, 3.8) is 0 Å². The first kappa shape index (κ1) is 18.8. The van der Waals surface area contributed by atoms with E-state index in [0.717, 1.165) is 16.7 Å². The van der Waals surface area contributed by atoms with Crippen molar-refractivity contribution in [2.24, 2.45) is 5.92 Å². The van der Waals surface area contributed by atoms with E-state index in [0.29, 0.717) is 12.2 Å². The van der Waals surface area contributed by atoms with Crippen LogP contribution >= 0.6 is 0 Å². The summed E-state index contributed by atoms with van der Waals surface area (Å²) >= 11 is 0. The molecule has 0 unspecified atom stereocenters. The van der Waals surface area contributed by atoms with Gasteiger partial charge in [-0.15, -0.1) is 0 Å². The number of hydrogen-bond donors (Lipinski definition) is 0. The zero-order chi connectivity index (χ0) is 19.4. The number of rotatable bonds is 5. The Morgan fingerprint density at radius 2 is 1.93 bits per heavy atom. The number of halogens is 1. The molecule has 4 nitrogen and oxygen atoms in total. The van der Waals surface area contributed by atoms with Crippen LogP contribution in [0.5, 0.6) is 5.75 Å². The van der Waals surface area contributed by atoms with Crippen molar-refractivity contribution in [3.8, 4) is 5.75 Å². The fraction of sp³-hybridized carbons (Fsp3) is 0.273. The van der Waals surface area contributed by atoms with Crippen molar-refractivity contribution in [1.29, 1.82) is 0 Å². The zero-order valence-electron chi connectivity index (χ0n) is 15.3. The summed E-state index contributed by atoms with van der Waals surface area (Å²) in [7, 11) is 1.58. The highest BCUT2D eigenvalue weighted by molar-refractivity contribution is 6.10. The highest BCUT2D eigenvalue weighted by Crippen LogP contribution is 2.40. The smallest absolute Gasteiger partial charge is 0.317 e. The summed E-state index contributed by atoms with van der Waals surface area (Å²) in [6.45, 7) is 1.90. The van der Waals surface area contributed by atoms with E-state index in [2.05, 4.69) is 0 Å². The van der Waals surface area contributed by atoms with Crippen LogP contribution in [-0.2, 0) is 14.3 Å². The molecule has 140 valence electrons. The Morgan fingerprint density at radius 1 is 1.19 bits per heavy atom. The van der Waals surface area contributed by atoms with Gasteiger partial charge in [0.25, 0.3) is 0 Å². The monoisotopic (exact) mass is 368 g/mol. The van der Waals surface area contributed by atoms with Gasteiger partial charge < -0.3 is 9.47 Å². The Kier molecular flexibility index (Phi) is 5.69. The lowest BCUT2D eigenvalue weighted by Gasteiger charge is -2.29. The van der Waals surface area contributed by atoms with Crippen LogP contribution < -0.4 is 4.74 Å². The normalized spacial score (nSPS) is 19.4. The van der Waals surface area contributed by atoms with Crippen molar-refractivity contribution in [3.05, 3.63) is 71.6 Å². The molecule has 0 N–H and O–H groups in total. The van der Waals surface area contributed by atoms with Crippen LogP contribution in [0.25, 0.3) is 5.57 Å². The molecule has 27 heavy (non-hydrogen) atoms. The second kappa shape index (κ2) is 8.16. The quantitative estimate of drug-likeness (QED) is 0.588. The average Bonchev–Trinajstić information content (AvgIpc) is 2.68. The number of carbonyl (C=O) groups excluding carboxylic acids is 2. The van der Waals surface area contributed by atoms with Crippen molar-refractivity contribution >= 4 is 17.3 Å². The molecule has 0 aliphatic heterocycles. The number of hydrogen-bond acceptors (Lipinski definition) is 4. The van der Waals surface area contributed by atoms with Gasteiger partial charge in [0.1, 0.15) is 17.5 Å². The maximum Gasteiger partial charge on any atom is 0.317 e. The molecule has 0 amide bonds. The van der Waals surface area contributed by atoms with E-state index >= 15 is 0 Å². The van der Waals surface area contributed by atoms with Crippen LogP contribution in [0, 0.1) is 11.7 Å². The van der Waals surface area contributed by atoms with Crippen LogP contribution in [-0.4, -0.2) is 25.5 Å². The number of methoxy groups -OCH3 is 1. The van der Waals surface area contributed by atoms with Gasteiger partial charge in [0, 0.05) is 5.92 Å². The summed E-state index contributed by atoms with van der Waals surface area (Å²) in [5.74, 6) is -1.86. The first-order valence-electron chi connectivity index (χ1n) is 8.84. The highest BCUT2D eigenvalue weighted by Gasteiger charge is 2.39. The summed E-state index contributed by atoms with van der Waals surface area (Å²) in [5.41, 5.74) is 2.40. The SMILES string of the molecule is CCOC(=O)[C@@H]1C(=O)C=C(c2cccc(OC)c2)C[C@H]1c1ccc(F)cc1. The largest absolute Gasteiger partial charge is 0.497 e. The summed E-state index contributed by atoms with van der Waals surface area (Å²) in [5, 5.41) is 0. The topological polar surface area (TPSA) is 52.6 Å². The minimum atomic E-state index is -0.926. The molecule has 0 radical (unpaired) electrons. The molecular formula is C22H21FO4. The van der Waals surface area contributed by atoms with E-state index in [-0.39, 0.29) is 18.2 Å². The van der Waals surface area contributed by atoms with Crippen molar-refractivity contribution in [1.82, 2.24) is 0 Å². The van der Waals surface area contributed by atoms with E-state index in [1.54, 1.807) is 26.2 Å². The minimum Gasteiger partial charge on any atom is -0.497 e. The summed E-state index contributed by atoms with van der Waals surface area (Å²) in [6.07, 6.45) is 1.98. The first-order chi connectivity index (χ1) is 13.0. The molecule has 0 spiro atoms.